The van der Waals surface area contributed by atoms with Crippen LogP contribution in [0.5, 0.6) is 0 Å². The van der Waals surface area contributed by atoms with Gasteiger partial charge in [-0.2, -0.15) is 0 Å². The van der Waals surface area contributed by atoms with Gasteiger partial charge in [-0.1, -0.05) is 6.07 Å². The van der Waals surface area contributed by atoms with E-state index in [0.717, 1.165) is 0 Å². The molecule has 0 fully saturated rings. The van der Waals surface area contributed by atoms with Crippen molar-refractivity contribution in [2.24, 2.45) is 0 Å². The Kier molecular flexibility index (Phi) is 4.24. The second-order valence-electron chi connectivity index (χ2n) is 4.03. The van der Waals surface area contributed by atoms with Crippen LogP contribution in [0.4, 0.5) is 5.69 Å². The van der Waals surface area contributed by atoms with Crippen molar-refractivity contribution < 1.29 is 19.0 Å². The summed E-state index contributed by atoms with van der Waals surface area (Å²) in [6, 6.07) is 3.91. The molecule has 0 aromatic heterocycles. The first kappa shape index (κ1) is 14.4. The Morgan fingerprint density at radius 2 is 2.06 bits per heavy atom. The molecule has 0 aliphatic carbocycles. The molecule has 0 spiro atoms. The van der Waals surface area contributed by atoms with Crippen LogP contribution in [0.1, 0.15) is 17.3 Å². The highest BCUT2D eigenvalue weighted by atomic mass is 31.2. The van der Waals surface area contributed by atoms with Gasteiger partial charge in [0.15, 0.2) is 0 Å². The van der Waals surface area contributed by atoms with Crippen LogP contribution in [-0.2, 0) is 9.30 Å². The molecule has 0 heterocycles. The van der Waals surface area contributed by atoms with Gasteiger partial charge in [0.1, 0.15) is 12.7 Å². The molecule has 98 valence electrons. The van der Waals surface area contributed by atoms with Gasteiger partial charge in [-0.3, -0.25) is 10.1 Å². The molecule has 0 aliphatic rings. The number of nitrogens with zero attached hydrogens (tertiary/aromatic N) is 1. The van der Waals surface area contributed by atoms with Gasteiger partial charge in [-0.05, 0) is 26.3 Å². The first-order chi connectivity index (χ1) is 8.27. The van der Waals surface area contributed by atoms with Gasteiger partial charge >= 0.3 is 5.97 Å². The molecule has 1 rings (SSSR count). The number of hydrogen-bond acceptors (Lipinski definition) is 5. The lowest BCUT2D eigenvalue weighted by Crippen LogP contribution is -2.12. The van der Waals surface area contributed by atoms with Crippen LogP contribution in [0.25, 0.3) is 0 Å². The fourth-order valence-corrected chi connectivity index (χ4v) is 2.25. The minimum atomic E-state index is -2.61. The van der Waals surface area contributed by atoms with Crippen LogP contribution < -0.4 is 5.30 Å². The van der Waals surface area contributed by atoms with Crippen molar-refractivity contribution in [1.82, 2.24) is 0 Å². The van der Waals surface area contributed by atoms with Gasteiger partial charge in [0.25, 0.3) is 5.69 Å². The average Bonchev–Trinajstić information content (AvgIpc) is 2.27. The van der Waals surface area contributed by atoms with E-state index in [9.17, 15) is 19.5 Å². The highest BCUT2D eigenvalue weighted by Gasteiger charge is 2.24. The predicted octanol–water partition coefficient (Wildman–Crippen LogP) is 2.02. The van der Waals surface area contributed by atoms with Crippen LogP contribution in [-0.4, -0.2) is 30.8 Å². The number of benzene rings is 1. The van der Waals surface area contributed by atoms with E-state index in [-0.39, 0.29) is 17.9 Å². The number of hydrogen-bond donors (Lipinski definition) is 0. The summed E-state index contributed by atoms with van der Waals surface area (Å²) in [6.45, 7) is 4.77. The molecule has 0 aliphatic heterocycles. The summed E-state index contributed by atoms with van der Waals surface area (Å²) in [5.74, 6) is -0.752. The van der Waals surface area contributed by atoms with E-state index < -0.39 is 18.0 Å². The largest absolute Gasteiger partial charge is 0.462 e. The van der Waals surface area contributed by atoms with Crippen LogP contribution in [0.3, 0.4) is 0 Å². The third kappa shape index (κ3) is 3.17. The Hall–Kier alpha value is -1.68. The number of ether oxygens (including phenoxy) is 1. The summed E-state index contributed by atoms with van der Waals surface area (Å²) >= 11 is 0. The number of rotatable bonds is 4. The van der Waals surface area contributed by atoms with Crippen molar-refractivity contribution in [1.29, 1.82) is 0 Å². The zero-order valence-corrected chi connectivity index (χ0v) is 11.3. The van der Waals surface area contributed by atoms with E-state index in [2.05, 4.69) is 0 Å². The zero-order valence-electron chi connectivity index (χ0n) is 10.4. The first-order valence-corrected chi connectivity index (χ1v) is 7.88. The topological polar surface area (TPSA) is 86.5 Å². The third-order valence-electron chi connectivity index (χ3n) is 2.30. The SMILES string of the molecule is CCOC(=O)c1ccc(P(C)(C)=O)cc1[N+](=O)[O-]. The highest BCUT2D eigenvalue weighted by Crippen LogP contribution is 2.36. The second kappa shape index (κ2) is 5.31. The Morgan fingerprint density at radius 3 is 2.50 bits per heavy atom. The average molecular weight is 271 g/mol. The maximum atomic E-state index is 11.9. The number of carbonyl (C=O) groups is 1. The lowest BCUT2D eigenvalue weighted by atomic mass is 10.2. The molecule has 0 unspecified atom stereocenters. The molecular formula is C11H14NO5P. The summed E-state index contributed by atoms with van der Waals surface area (Å²) in [5.41, 5.74) is -0.506. The quantitative estimate of drug-likeness (QED) is 0.362. The molecule has 0 N–H and O–H groups in total. The number of carbonyl (C=O) groups excluding carboxylic acids is 1. The van der Waals surface area contributed by atoms with Crippen LogP contribution in [0.15, 0.2) is 18.2 Å². The monoisotopic (exact) mass is 271 g/mol. The summed E-state index contributed by atoms with van der Waals surface area (Å²) in [4.78, 5) is 21.8. The summed E-state index contributed by atoms with van der Waals surface area (Å²) < 4.78 is 16.6. The number of nitro groups is 1. The Balaban J connectivity index is 3.34. The van der Waals surface area contributed by atoms with Crippen molar-refractivity contribution in [3.63, 3.8) is 0 Å². The third-order valence-corrected chi connectivity index (χ3v) is 3.82. The first-order valence-electron chi connectivity index (χ1n) is 5.28. The summed E-state index contributed by atoms with van der Waals surface area (Å²) in [6.07, 6.45) is 0. The van der Waals surface area contributed by atoms with Gasteiger partial charge in [0.2, 0.25) is 0 Å². The molecule has 6 nitrogen and oxygen atoms in total. The normalized spacial score (nSPS) is 11.1. The van der Waals surface area contributed by atoms with E-state index in [4.69, 9.17) is 4.74 Å². The number of nitro benzene ring substituents is 1. The summed E-state index contributed by atoms with van der Waals surface area (Å²) in [7, 11) is -2.61. The van der Waals surface area contributed by atoms with Gasteiger partial charge in [-0.25, -0.2) is 4.79 Å². The van der Waals surface area contributed by atoms with Crippen LogP contribution in [0, 0.1) is 10.1 Å². The Labute approximate surface area is 104 Å². The molecule has 18 heavy (non-hydrogen) atoms. The highest BCUT2D eigenvalue weighted by molar-refractivity contribution is 7.70. The molecule has 1 aromatic rings. The predicted molar refractivity (Wildman–Crippen MR) is 68.1 cm³/mol. The van der Waals surface area contributed by atoms with Crippen molar-refractivity contribution in [3.05, 3.63) is 33.9 Å². The van der Waals surface area contributed by atoms with E-state index in [1.807, 2.05) is 0 Å². The van der Waals surface area contributed by atoms with Gasteiger partial charge in [-0.15, -0.1) is 0 Å². The number of esters is 1. The van der Waals surface area contributed by atoms with E-state index in [1.54, 1.807) is 6.92 Å². The minimum absolute atomic E-state index is 0.126. The fourth-order valence-electron chi connectivity index (χ4n) is 1.39. The fraction of sp³-hybridized carbons (Fsp3) is 0.364. The lowest BCUT2D eigenvalue weighted by molar-refractivity contribution is -0.385. The molecule has 0 bridgehead atoms. The van der Waals surface area contributed by atoms with Crippen molar-refractivity contribution in [2.75, 3.05) is 19.9 Å². The van der Waals surface area contributed by atoms with Crippen LogP contribution >= 0.6 is 7.14 Å². The van der Waals surface area contributed by atoms with Crippen molar-refractivity contribution in [2.45, 2.75) is 6.92 Å². The Bertz CT molecular complexity index is 534. The second-order valence-corrected chi connectivity index (χ2v) is 7.25. The maximum absolute atomic E-state index is 11.9. The van der Waals surface area contributed by atoms with E-state index in [0.29, 0.717) is 5.30 Å². The van der Waals surface area contributed by atoms with Crippen molar-refractivity contribution >= 4 is 24.1 Å². The van der Waals surface area contributed by atoms with Crippen molar-refractivity contribution in [3.8, 4) is 0 Å². The lowest BCUT2D eigenvalue weighted by Gasteiger charge is -2.08. The Morgan fingerprint density at radius 1 is 1.44 bits per heavy atom. The molecule has 0 saturated heterocycles. The van der Waals surface area contributed by atoms with E-state index >= 15 is 0 Å². The maximum Gasteiger partial charge on any atom is 0.345 e. The van der Waals surface area contributed by atoms with Gasteiger partial charge in [0, 0.05) is 11.4 Å². The van der Waals surface area contributed by atoms with Gasteiger partial charge in [0.05, 0.1) is 11.5 Å². The standard InChI is InChI=1S/C11H14NO5P/c1-4-17-11(13)9-6-5-8(18(2,3)16)7-10(9)12(14)15/h5-7H,4H2,1-3H3. The molecular weight excluding hydrogens is 257 g/mol. The van der Waals surface area contributed by atoms with E-state index in [1.165, 1.54) is 31.5 Å². The smallest absolute Gasteiger partial charge is 0.345 e. The van der Waals surface area contributed by atoms with Crippen LogP contribution in [0.2, 0.25) is 0 Å². The molecule has 0 amide bonds. The minimum Gasteiger partial charge on any atom is -0.462 e. The molecule has 0 atom stereocenters. The summed E-state index contributed by atoms with van der Waals surface area (Å²) in [5, 5.41) is 11.3. The molecule has 0 radical (unpaired) electrons. The zero-order chi connectivity index (χ0) is 13.9. The molecule has 7 heteroatoms. The molecule has 1 aromatic carbocycles. The molecule has 0 saturated carbocycles. The van der Waals surface area contributed by atoms with Gasteiger partial charge < -0.3 is 9.30 Å².